The lowest BCUT2D eigenvalue weighted by Crippen LogP contribution is -2.57. The Morgan fingerprint density at radius 1 is 0.947 bits per heavy atom. The smallest absolute Gasteiger partial charge is 0.332 e. The zero-order valence-electron chi connectivity index (χ0n) is 9.26. The van der Waals surface area contributed by atoms with E-state index in [1.165, 1.54) is 24.3 Å². The van der Waals surface area contributed by atoms with Gasteiger partial charge in [-0.05, 0) is 5.56 Å². The quantitative estimate of drug-likeness (QED) is 0.734. The topological polar surface area (TPSA) is 18.5 Å². The highest BCUT2D eigenvalue weighted by Crippen LogP contribution is 2.52. The van der Waals surface area contributed by atoms with E-state index in [0.717, 1.165) is 0 Å². The molecule has 1 aliphatic heterocycles. The van der Waals surface area contributed by atoms with Crippen LogP contribution in [-0.2, 0) is 9.47 Å². The first-order valence-electron chi connectivity index (χ1n) is 5.17. The van der Waals surface area contributed by atoms with Crippen LogP contribution in [0.2, 0.25) is 0 Å². The Bertz CT molecular complexity index is 425. The highest BCUT2D eigenvalue weighted by Gasteiger charge is 2.77. The van der Waals surface area contributed by atoms with Crippen molar-refractivity contribution in [1.29, 1.82) is 0 Å². The zero-order valence-corrected chi connectivity index (χ0v) is 9.26. The van der Waals surface area contributed by atoms with E-state index >= 15 is 0 Å². The molecule has 0 spiro atoms. The van der Waals surface area contributed by atoms with Gasteiger partial charge in [0.2, 0.25) is 0 Å². The fourth-order valence-corrected chi connectivity index (χ4v) is 1.75. The van der Waals surface area contributed by atoms with Crippen LogP contribution in [0.1, 0.15) is 11.7 Å². The predicted molar refractivity (Wildman–Crippen MR) is 51.1 cm³/mol. The molecule has 0 bridgehead atoms. The van der Waals surface area contributed by atoms with Gasteiger partial charge in [0.25, 0.3) is 0 Å². The second-order valence-corrected chi connectivity index (χ2v) is 3.94. The summed E-state index contributed by atoms with van der Waals surface area (Å²) in [4.78, 5) is 0. The van der Waals surface area contributed by atoms with Crippen LogP contribution < -0.4 is 0 Å². The SMILES string of the molecule is FC(F)(F)C1(C(F)(F)F)OCC(c2ccccc2)O1. The Labute approximate surface area is 103 Å². The Balaban J connectivity index is 2.32. The van der Waals surface area contributed by atoms with Crippen LogP contribution in [0.5, 0.6) is 0 Å². The molecule has 106 valence electrons. The first kappa shape index (κ1) is 14.1. The minimum absolute atomic E-state index is 0.192. The normalized spacial score (nSPS) is 23.6. The van der Waals surface area contributed by atoms with E-state index in [1.807, 2.05) is 0 Å². The maximum absolute atomic E-state index is 12.6. The van der Waals surface area contributed by atoms with Gasteiger partial charge in [-0.25, -0.2) is 0 Å². The maximum Gasteiger partial charge on any atom is 0.453 e. The third kappa shape index (κ3) is 2.30. The Hall–Kier alpha value is -1.28. The molecule has 2 nitrogen and oxygen atoms in total. The molecule has 1 atom stereocenters. The summed E-state index contributed by atoms with van der Waals surface area (Å²) in [6.07, 6.45) is -12.8. The summed E-state index contributed by atoms with van der Waals surface area (Å²) in [6, 6.07) is 7.30. The highest BCUT2D eigenvalue weighted by atomic mass is 19.4. The lowest BCUT2D eigenvalue weighted by molar-refractivity contribution is -0.443. The summed E-state index contributed by atoms with van der Waals surface area (Å²) in [6.45, 7) is -0.816. The summed E-state index contributed by atoms with van der Waals surface area (Å²) in [5.41, 5.74) is 0.192. The molecule has 1 aliphatic rings. The minimum atomic E-state index is -5.70. The third-order valence-corrected chi connectivity index (χ3v) is 2.66. The average Bonchev–Trinajstić information content (AvgIpc) is 2.75. The second-order valence-electron chi connectivity index (χ2n) is 3.94. The molecule has 0 saturated carbocycles. The van der Waals surface area contributed by atoms with Crippen LogP contribution in [0, 0.1) is 0 Å². The number of ether oxygens (including phenoxy) is 2. The van der Waals surface area contributed by atoms with Gasteiger partial charge in [-0.2, -0.15) is 26.3 Å². The predicted octanol–water partition coefficient (Wildman–Crippen LogP) is 3.60. The van der Waals surface area contributed by atoms with Crippen LogP contribution in [-0.4, -0.2) is 24.7 Å². The molecule has 2 rings (SSSR count). The number of halogens is 6. The summed E-state index contributed by atoms with van der Waals surface area (Å²) in [5, 5.41) is 0. The molecule has 8 heteroatoms. The van der Waals surface area contributed by atoms with Gasteiger partial charge in [-0.15, -0.1) is 0 Å². The van der Waals surface area contributed by atoms with Crippen molar-refractivity contribution < 1.29 is 35.8 Å². The molecular weight excluding hydrogens is 278 g/mol. The van der Waals surface area contributed by atoms with Gasteiger partial charge in [0.15, 0.2) is 0 Å². The minimum Gasteiger partial charge on any atom is -0.332 e. The summed E-state index contributed by atoms with van der Waals surface area (Å²) < 4.78 is 83.9. The molecule has 19 heavy (non-hydrogen) atoms. The fourth-order valence-electron chi connectivity index (χ4n) is 1.75. The average molecular weight is 286 g/mol. The van der Waals surface area contributed by atoms with Gasteiger partial charge in [0.1, 0.15) is 6.10 Å². The van der Waals surface area contributed by atoms with E-state index in [0.29, 0.717) is 0 Å². The number of hydrogen-bond acceptors (Lipinski definition) is 2. The maximum atomic E-state index is 12.6. The van der Waals surface area contributed by atoms with Gasteiger partial charge >= 0.3 is 18.1 Å². The van der Waals surface area contributed by atoms with Crippen LogP contribution >= 0.6 is 0 Å². The van der Waals surface area contributed by atoms with Crippen LogP contribution in [0.3, 0.4) is 0 Å². The van der Waals surface area contributed by atoms with Gasteiger partial charge in [0.05, 0.1) is 6.61 Å². The molecule has 1 heterocycles. The fraction of sp³-hybridized carbons (Fsp3) is 0.455. The van der Waals surface area contributed by atoms with Crippen molar-refractivity contribution in [3.05, 3.63) is 35.9 Å². The van der Waals surface area contributed by atoms with Gasteiger partial charge < -0.3 is 9.47 Å². The summed E-state index contributed by atoms with van der Waals surface area (Å²) in [5.74, 6) is -4.56. The van der Waals surface area contributed by atoms with Crippen molar-refractivity contribution >= 4 is 0 Å². The standard InChI is InChI=1S/C11H8F6O2/c12-10(13,14)9(11(15,16)17)18-6-8(19-9)7-4-2-1-3-5-7/h1-5,8H,6H2. The number of rotatable bonds is 1. The molecule has 1 aromatic rings. The third-order valence-electron chi connectivity index (χ3n) is 2.66. The molecule has 1 aromatic carbocycles. The molecule has 1 fully saturated rings. The van der Waals surface area contributed by atoms with Gasteiger partial charge in [-0.1, -0.05) is 30.3 Å². The lowest BCUT2D eigenvalue weighted by Gasteiger charge is -2.31. The van der Waals surface area contributed by atoms with E-state index < -0.39 is 30.9 Å². The van der Waals surface area contributed by atoms with E-state index in [1.54, 1.807) is 6.07 Å². The Kier molecular flexibility index (Phi) is 3.26. The Morgan fingerprint density at radius 3 is 1.89 bits per heavy atom. The molecule has 0 aliphatic carbocycles. The van der Waals surface area contributed by atoms with E-state index in [-0.39, 0.29) is 5.56 Å². The van der Waals surface area contributed by atoms with E-state index in [2.05, 4.69) is 9.47 Å². The van der Waals surface area contributed by atoms with Crippen LogP contribution in [0.4, 0.5) is 26.3 Å². The monoisotopic (exact) mass is 286 g/mol. The molecule has 1 unspecified atom stereocenters. The first-order valence-corrected chi connectivity index (χ1v) is 5.17. The first-order chi connectivity index (χ1) is 8.67. The van der Waals surface area contributed by atoms with Crippen molar-refractivity contribution in [3.63, 3.8) is 0 Å². The molecular formula is C11H8F6O2. The largest absolute Gasteiger partial charge is 0.453 e. The van der Waals surface area contributed by atoms with Crippen molar-refractivity contribution in [2.24, 2.45) is 0 Å². The molecule has 0 aromatic heterocycles. The lowest BCUT2D eigenvalue weighted by atomic mass is 10.1. The molecule has 0 N–H and O–H groups in total. The van der Waals surface area contributed by atoms with Crippen LogP contribution in [0.15, 0.2) is 30.3 Å². The molecule has 0 radical (unpaired) electrons. The van der Waals surface area contributed by atoms with Gasteiger partial charge in [0, 0.05) is 0 Å². The second kappa shape index (κ2) is 4.38. The zero-order chi connectivity index (χ0) is 14.3. The number of alkyl halides is 6. The van der Waals surface area contributed by atoms with Crippen molar-refractivity contribution in [2.75, 3.05) is 6.61 Å². The van der Waals surface area contributed by atoms with Crippen LogP contribution in [0.25, 0.3) is 0 Å². The molecule has 1 saturated heterocycles. The summed E-state index contributed by atoms with van der Waals surface area (Å²) >= 11 is 0. The van der Waals surface area contributed by atoms with E-state index in [9.17, 15) is 26.3 Å². The van der Waals surface area contributed by atoms with Gasteiger partial charge in [-0.3, -0.25) is 0 Å². The van der Waals surface area contributed by atoms with E-state index in [4.69, 9.17) is 0 Å². The summed E-state index contributed by atoms with van der Waals surface area (Å²) in [7, 11) is 0. The van der Waals surface area contributed by atoms with Crippen molar-refractivity contribution in [3.8, 4) is 0 Å². The number of benzene rings is 1. The van der Waals surface area contributed by atoms with Crippen molar-refractivity contribution in [2.45, 2.75) is 24.2 Å². The highest BCUT2D eigenvalue weighted by molar-refractivity contribution is 5.19. The van der Waals surface area contributed by atoms with Crippen molar-refractivity contribution in [1.82, 2.24) is 0 Å². The molecule has 0 amide bonds. The Morgan fingerprint density at radius 2 is 1.47 bits per heavy atom. The number of hydrogen-bond donors (Lipinski definition) is 0.